The minimum absolute atomic E-state index is 0.0476. The van der Waals surface area contributed by atoms with Crippen LogP contribution in [0.1, 0.15) is 46.5 Å². The number of hydrogen-bond donors (Lipinski definition) is 2. The summed E-state index contributed by atoms with van der Waals surface area (Å²) in [6.07, 6.45) is -1.84. The van der Waals surface area contributed by atoms with Gasteiger partial charge in [-0.1, -0.05) is 0 Å². The first-order valence-corrected chi connectivity index (χ1v) is 10.5. The van der Waals surface area contributed by atoms with Crippen LogP contribution in [0.25, 0.3) is 10.6 Å². The number of thiazole rings is 1. The Labute approximate surface area is 190 Å². The zero-order valence-electron chi connectivity index (χ0n) is 17.8. The van der Waals surface area contributed by atoms with Gasteiger partial charge in [-0.15, -0.1) is 11.3 Å². The summed E-state index contributed by atoms with van der Waals surface area (Å²) < 4.78 is 58.9. The van der Waals surface area contributed by atoms with Gasteiger partial charge in [-0.2, -0.15) is 13.2 Å². The van der Waals surface area contributed by atoms with Crippen LogP contribution < -0.4 is 10.1 Å². The highest BCUT2D eigenvalue weighted by Crippen LogP contribution is 2.33. The lowest BCUT2D eigenvalue weighted by Crippen LogP contribution is -2.28. The fraction of sp³-hybridized carbons (Fsp3) is 0.333. The molecule has 2 N–H and O–H groups in total. The van der Waals surface area contributed by atoms with Crippen LogP contribution >= 0.6 is 11.3 Å². The van der Waals surface area contributed by atoms with Crippen molar-refractivity contribution in [3.63, 3.8) is 0 Å². The molecule has 0 fully saturated rings. The first-order valence-electron chi connectivity index (χ1n) is 9.73. The zero-order chi connectivity index (χ0) is 24.3. The fourth-order valence-electron chi connectivity index (χ4n) is 2.80. The van der Waals surface area contributed by atoms with Crippen molar-refractivity contribution in [1.29, 1.82) is 0 Å². The van der Waals surface area contributed by atoms with E-state index in [1.54, 1.807) is 20.0 Å². The minimum atomic E-state index is -4.69. The molecule has 33 heavy (non-hydrogen) atoms. The molecule has 1 amide bonds. The Morgan fingerprint density at radius 3 is 2.39 bits per heavy atom. The molecule has 3 rings (SSSR count). The molecule has 0 aliphatic rings. The van der Waals surface area contributed by atoms with Crippen molar-refractivity contribution in [1.82, 2.24) is 20.3 Å². The number of ether oxygens (including phenoxy) is 1. The summed E-state index contributed by atoms with van der Waals surface area (Å²) >= 11 is 1.23. The third-order valence-electron chi connectivity index (χ3n) is 4.51. The smallest absolute Gasteiger partial charge is 0.451 e. The molecule has 0 saturated carbocycles. The number of aliphatic hydroxyl groups is 1. The topological polar surface area (TPSA) is 97.2 Å². The number of nitrogens with zero attached hydrogens (tertiary/aromatic N) is 3. The predicted molar refractivity (Wildman–Crippen MR) is 112 cm³/mol. The van der Waals surface area contributed by atoms with Gasteiger partial charge < -0.3 is 15.2 Å². The molecular weight excluding hydrogens is 464 g/mol. The first-order chi connectivity index (χ1) is 15.5. The SMILES string of the molecule is Cc1cnc(-c2cc(OC(C)CO)cc(C(=O)N[C@H](C)c3cnc(C(F)(F)F)nc3)c2F)s1. The molecular formula is C21H20F4N4O3S. The van der Waals surface area contributed by atoms with Crippen LogP contribution in [0.4, 0.5) is 17.6 Å². The van der Waals surface area contributed by atoms with Crippen LogP contribution in [-0.2, 0) is 6.18 Å². The molecule has 12 heteroatoms. The lowest BCUT2D eigenvalue weighted by Gasteiger charge is -2.17. The Hall–Kier alpha value is -3.12. The molecule has 176 valence electrons. The molecule has 0 saturated heterocycles. The predicted octanol–water partition coefficient (Wildman–Crippen LogP) is 4.32. The lowest BCUT2D eigenvalue weighted by atomic mass is 10.1. The van der Waals surface area contributed by atoms with E-state index < -0.39 is 35.9 Å². The van der Waals surface area contributed by atoms with E-state index in [0.717, 1.165) is 17.3 Å². The normalized spacial score (nSPS) is 13.5. The van der Waals surface area contributed by atoms with Crippen LogP contribution in [0.3, 0.4) is 0 Å². The van der Waals surface area contributed by atoms with E-state index in [2.05, 4.69) is 20.3 Å². The Morgan fingerprint density at radius 2 is 1.85 bits per heavy atom. The van der Waals surface area contributed by atoms with Crippen LogP contribution in [0.15, 0.2) is 30.7 Å². The molecule has 3 aromatic rings. The zero-order valence-corrected chi connectivity index (χ0v) is 18.6. The van der Waals surface area contributed by atoms with E-state index in [1.165, 1.54) is 30.4 Å². The van der Waals surface area contributed by atoms with E-state index in [-0.39, 0.29) is 29.0 Å². The van der Waals surface area contributed by atoms with Gasteiger partial charge in [0, 0.05) is 29.0 Å². The Kier molecular flexibility index (Phi) is 7.28. The van der Waals surface area contributed by atoms with Crippen molar-refractivity contribution in [3.05, 3.63) is 58.4 Å². The number of benzene rings is 1. The van der Waals surface area contributed by atoms with E-state index in [4.69, 9.17) is 4.74 Å². The number of hydrogen-bond acceptors (Lipinski definition) is 7. The first kappa shape index (κ1) is 24.5. The number of alkyl halides is 3. The van der Waals surface area contributed by atoms with Gasteiger partial charge in [0.1, 0.15) is 22.7 Å². The van der Waals surface area contributed by atoms with Gasteiger partial charge >= 0.3 is 6.18 Å². The van der Waals surface area contributed by atoms with E-state index in [0.29, 0.717) is 5.01 Å². The Balaban J connectivity index is 1.91. The molecule has 1 aromatic carbocycles. The van der Waals surface area contributed by atoms with Crippen LogP contribution in [0.2, 0.25) is 0 Å². The second kappa shape index (κ2) is 9.79. The molecule has 2 aromatic heterocycles. The average molecular weight is 484 g/mol. The molecule has 1 unspecified atom stereocenters. The highest BCUT2D eigenvalue weighted by molar-refractivity contribution is 7.14. The van der Waals surface area contributed by atoms with Crippen molar-refractivity contribution < 1.29 is 32.2 Å². The van der Waals surface area contributed by atoms with E-state index in [9.17, 15) is 23.1 Å². The molecule has 7 nitrogen and oxygen atoms in total. The number of halogens is 4. The van der Waals surface area contributed by atoms with Gasteiger partial charge in [0.25, 0.3) is 5.91 Å². The second-order valence-electron chi connectivity index (χ2n) is 7.25. The molecule has 0 aliphatic heterocycles. The number of aryl methyl sites for hydroxylation is 1. The van der Waals surface area contributed by atoms with Gasteiger partial charge in [-0.3, -0.25) is 4.79 Å². The maximum Gasteiger partial charge on any atom is 0.451 e. The van der Waals surface area contributed by atoms with Crippen LogP contribution in [0, 0.1) is 12.7 Å². The number of carbonyl (C=O) groups is 1. The van der Waals surface area contributed by atoms with E-state index >= 15 is 4.39 Å². The maximum absolute atomic E-state index is 15.3. The van der Waals surface area contributed by atoms with Crippen LogP contribution in [-0.4, -0.2) is 38.7 Å². The molecule has 0 spiro atoms. The third kappa shape index (κ3) is 5.82. The molecule has 0 aliphatic carbocycles. The Bertz CT molecular complexity index is 1140. The van der Waals surface area contributed by atoms with E-state index in [1.807, 2.05) is 0 Å². The summed E-state index contributed by atoms with van der Waals surface area (Å²) in [5, 5.41) is 12.1. The summed E-state index contributed by atoms with van der Waals surface area (Å²) in [6.45, 7) is 4.61. The second-order valence-corrected chi connectivity index (χ2v) is 8.49. The summed E-state index contributed by atoms with van der Waals surface area (Å²) in [4.78, 5) is 24.4. The average Bonchev–Trinajstić information content (AvgIpc) is 3.20. The standard InChI is InChI=1S/C21H20F4N4O3S/c1-10(9-30)32-14-4-15(17(22)16(5-14)19-26-6-11(2)33-19)18(31)29-12(3)13-7-27-20(28-8-13)21(23,24)25/h4-8,10,12,30H,9H2,1-3H3,(H,29,31)/t10?,12-/m1/s1. The van der Waals surface area contributed by atoms with Gasteiger partial charge in [0.2, 0.25) is 5.82 Å². The number of carbonyl (C=O) groups excluding carboxylic acids is 1. The summed E-state index contributed by atoms with van der Waals surface area (Å²) in [7, 11) is 0. The number of aromatic nitrogens is 3. The number of rotatable bonds is 7. The summed E-state index contributed by atoms with van der Waals surface area (Å²) in [5.74, 6) is -2.81. The van der Waals surface area contributed by atoms with Crippen molar-refractivity contribution in [3.8, 4) is 16.3 Å². The van der Waals surface area contributed by atoms with Crippen LogP contribution in [0.5, 0.6) is 5.75 Å². The summed E-state index contributed by atoms with van der Waals surface area (Å²) in [6, 6.07) is 1.77. The minimum Gasteiger partial charge on any atom is -0.488 e. The molecule has 0 bridgehead atoms. The third-order valence-corrected chi connectivity index (χ3v) is 5.46. The number of amides is 1. The van der Waals surface area contributed by atoms with Crippen molar-refractivity contribution in [2.75, 3.05) is 6.61 Å². The number of aliphatic hydroxyl groups excluding tert-OH is 1. The molecule has 2 atom stereocenters. The van der Waals surface area contributed by atoms with Gasteiger partial charge in [0.05, 0.1) is 23.8 Å². The molecule has 0 radical (unpaired) electrons. The number of nitrogens with one attached hydrogen (secondary N) is 1. The molecule has 2 heterocycles. The van der Waals surface area contributed by atoms with Crippen molar-refractivity contribution in [2.24, 2.45) is 0 Å². The Morgan fingerprint density at radius 1 is 1.18 bits per heavy atom. The quantitative estimate of drug-likeness (QED) is 0.485. The highest BCUT2D eigenvalue weighted by Gasteiger charge is 2.34. The fourth-order valence-corrected chi connectivity index (χ4v) is 3.58. The summed E-state index contributed by atoms with van der Waals surface area (Å²) in [5.41, 5.74) is -0.0968. The largest absolute Gasteiger partial charge is 0.488 e. The van der Waals surface area contributed by atoms with Gasteiger partial charge in [-0.05, 0) is 32.9 Å². The van der Waals surface area contributed by atoms with Gasteiger partial charge in [-0.25, -0.2) is 19.3 Å². The van der Waals surface area contributed by atoms with Gasteiger partial charge in [0.15, 0.2) is 0 Å². The monoisotopic (exact) mass is 484 g/mol. The van der Waals surface area contributed by atoms with Crippen molar-refractivity contribution >= 4 is 17.2 Å². The van der Waals surface area contributed by atoms with Crippen molar-refractivity contribution in [2.45, 2.75) is 39.1 Å². The lowest BCUT2D eigenvalue weighted by molar-refractivity contribution is -0.145. The highest BCUT2D eigenvalue weighted by atomic mass is 32.1. The maximum atomic E-state index is 15.3.